The number of carbonyl (C=O) groups excluding carboxylic acids is 1. The highest BCUT2D eigenvalue weighted by Crippen LogP contribution is 2.27. The van der Waals surface area contributed by atoms with E-state index in [9.17, 15) is 4.79 Å². The lowest BCUT2D eigenvalue weighted by molar-refractivity contribution is -0.133. The standard InChI is InChI=1S/C26H40N2O3/c1-3-14-27(15-9-10-17-28-16-8-7-13-26(28)29)22(2)18-24-20-30-21-25(31-24)19-23-11-5-4-6-12-23/h4-5,11,20-22H,3,6-10,12-19H2,1-2H3. The Balaban J connectivity index is 1.41. The second-order valence-corrected chi connectivity index (χ2v) is 9.01. The second-order valence-electron chi connectivity index (χ2n) is 9.01. The molecule has 5 nitrogen and oxygen atoms in total. The van der Waals surface area contributed by atoms with E-state index in [4.69, 9.17) is 9.47 Å². The molecule has 3 aliphatic rings. The Morgan fingerprint density at radius 2 is 2.00 bits per heavy atom. The summed E-state index contributed by atoms with van der Waals surface area (Å²) in [7, 11) is 0. The Bertz CT molecular complexity index is 707. The molecule has 2 aliphatic heterocycles. The van der Waals surface area contributed by atoms with Crippen LogP contribution >= 0.6 is 0 Å². The van der Waals surface area contributed by atoms with Crippen molar-refractivity contribution in [2.75, 3.05) is 26.2 Å². The van der Waals surface area contributed by atoms with E-state index in [0.717, 1.165) is 102 Å². The van der Waals surface area contributed by atoms with Crippen molar-refractivity contribution in [2.24, 2.45) is 0 Å². The van der Waals surface area contributed by atoms with Crippen LogP contribution in [-0.2, 0) is 14.3 Å². The second kappa shape index (κ2) is 12.7. The lowest BCUT2D eigenvalue weighted by atomic mass is 10.0. The molecule has 0 bridgehead atoms. The highest BCUT2D eigenvalue weighted by Gasteiger charge is 2.20. The maximum atomic E-state index is 12.0. The average molecular weight is 429 g/mol. The number of piperidine rings is 1. The first-order valence-corrected chi connectivity index (χ1v) is 12.2. The van der Waals surface area contributed by atoms with E-state index in [0.29, 0.717) is 11.9 Å². The van der Waals surface area contributed by atoms with Crippen molar-refractivity contribution in [3.8, 4) is 0 Å². The van der Waals surface area contributed by atoms with Crippen molar-refractivity contribution in [1.82, 2.24) is 9.80 Å². The molecule has 1 amide bonds. The summed E-state index contributed by atoms with van der Waals surface area (Å²) in [4.78, 5) is 16.6. The molecule has 0 aromatic carbocycles. The number of carbonyl (C=O) groups is 1. The van der Waals surface area contributed by atoms with E-state index in [1.165, 1.54) is 5.57 Å². The maximum absolute atomic E-state index is 12.0. The van der Waals surface area contributed by atoms with Gasteiger partial charge in [0, 0.05) is 38.4 Å². The van der Waals surface area contributed by atoms with Crippen LogP contribution in [0.3, 0.4) is 0 Å². The molecule has 1 aliphatic carbocycles. The first kappa shape index (κ1) is 23.6. The Hall–Kier alpha value is -2.01. The molecule has 0 radical (unpaired) electrons. The summed E-state index contributed by atoms with van der Waals surface area (Å²) in [6.45, 7) is 8.52. The molecule has 31 heavy (non-hydrogen) atoms. The SMILES string of the molecule is CCCN(CCCCN1CCCCC1=O)C(C)CC1=COC=C(CC2=CC=CCC2)O1. The zero-order valence-electron chi connectivity index (χ0n) is 19.5. The van der Waals surface area contributed by atoms with Crippen molar-refractivity contribution >= 4 is 5.91 Å². The van der Waals surface area contributed by atoms with Crippen molar-refractivity contribution in [3.63, 3.8) is 0 Å². The number of rotatable bonds is 12. The van der Waals surface area contributed by atoms with E-state index in [-0.39, 0.29) is 0 Å². The fourth-order valence-electron chi connectivity index (χ4n) is 4.57. The molecule has 1 atom stereocenters. The number of hydrogen-bond donors (Lipinski definition) is 0. The van der Waals surface area contributed by atoms with Crippen LogP contribution in [0.1, 0.15) is 78.1 Å². The molecule has 0 aromatic rings. The van der Waals surface area contributed by atoms with Gasteiger partial charge in [-0.05, 0) is 65.0 Å². The van der Waals surface area contributed by atoms with Crippen LogP contribution in [0, 0.1) is 0 Å². The van der Waals surface area contributed by atoms with Gasteiger partial charge in [-0.2, -0.15) is 0 Å². The van der Waals surface area contributed by atoms with Crippen LogP contribution in [0.5, 0.6) is 0 Å². The fraction of sp³-hybridized carbons (Fsp3) is 0.654. The molecule has 1 unspecified atom stereocenters. The molecule has 1 saturated heterocycles. The summed E-state index contributed by atoms with van der Waals surface area (Å²) >= 11 is 0. The topological polar surface area (TPSA) is 42.0 Å². The predicted molar refractivity (Wildman–Crippen MR) is 125 cm³/mol. The predicted octanol–water partition coefficient (Wildman–Crippen LogP) is 5.67. The average Bonchev–Trinajstić information content (AvgIpc) is 2.78. The summed E-state index contributed by atoms with van der Waals surface area (Å²) in [5.74, 6) is 2.16. The van der Waals surface area contributed by atoms with Crippen molar-refractivity contribution in [2.45, 2.75) is 84.1 Å². The van der Waals surface area contributed by atoms with Gasteiger partial charge in [0.05, 0.1) is 0 Å². The lowest BCUT2D eigenvalue weighted by Gasteiger charge is -2.31. The Morgan fingerprint density at radius 3 is 2.77 bits per heavy atom. The summed E-state index contributed by atoms with van der Waals surface area (Å²) in [5, 5.41) is 0. The van der Waals surface area contributed by atoms with Gasteiger partial charge in [0.25, 0.3) is 0 Å². The van der Waals surface area contributed by atoms with Crippen LogP contribution in [0.25, 0.3) is 0 Å². The van der Waals surface area contributed by atoms with Gasteiger partial charge < -0.3 is 19.3 Å². The first-order chi connectivity index (χ1) is 15.2. The number of amides is 1. The lowest BCUT2D eigenvalue weighted by Crippen LogP contribution is -2.37. The first-order valence-electron chi connectivity index (χ1n) is 12.2. The van der Waals surface area contributed by atoms with E-state index in [1.54, 1.807) is 12.5 Å². The molecule has 0 saturated carbocycles. The van der Waals surface area contributed by atoms with Gasteiger partial charge in [0.15, 0.2) is 0 Å². The Morgan fingerprint density at radius 1 is 1.13 bits per heavy atom. The van der Waals surface area contributed by atoms with Gasteiger partial charge in [-0.15, -0.1) is 0 Å². The molecule has 172 valence electrons. The molecule has 0 spiro atoms. The zero-order valence-corrected chi connectivity index (χ0v) is 19.5. The Kier molecular flexibility index (Phi) is 9.73. The quantitative estimate of drug-likeness (QED) is 0.376. The van der Waals surface area contributed by atoms with E-state index in [2.05, 4.69) is 41.9 Å². The minimum atomic E-state index is 0.343. The molecule has 5 heteroatoms. The van der Waals surface area contributed by atoms with Crippen molar-refractivity contribution in [3.05, 3.63) is 47.8 Å². The maximum Gasteiger partial charge on any atom is 0.222 e. The molecule has 0 aromatic heterocycles. The fourth-order valence-corrected chi connectivity index (χ4v) is 4.57. The smallest absolute Gasteiger partial charge is 0.222 e. The summed E-state index contributed by atoms with van der Waals surface area (Å²) in [5.41, 5.74) is 1.39. The highest BCUT2D eigenvalue weighted by molar-refractivity contribution is 5.76. The highest BCUT2D eigenvalue weighted by atomic mass is 16.5. The third-order valence-electron chi connectivity index (χ3n) is 6.34. The normalized spacial score (nSPS) is 20.0. The molecule has 3 rings (SSSR count). The van der Waals surface area contributed by atoms with Gasteiger partial charge in [-0.25, -0.2) is 0 Å². The van der Waals surface area contributed by atoms with Gasteiger partial charge in [-0.3, -0.25) is 4.79 Å². The van der Waals surface area contributed by atoms with Crippen molar-refractivity contribution < 1.29 is 14.3 Å². The van der Waals surface area contributed by atoms with Crippen LogP contribution in [0.15, 0.2) is 47.8 Å². The molecular formula is C26H40N2O3. The third-order valence-corrected chi connectivity index (χ3v) is 6.34. The van der Waals surface area contributed by atoms with Gasteiger partial charge in [-0.1, -0.05) is 30.7 Å². The monoisotopic (exact) mass is 428 g/mol. The number of ether oxygens (including phenoxy) is 2. The number of nitrogens with zero attached hydrogens (tertiary/aromatic N) is 2. The summed E-state index contributed by atoms with van der Waals surface area (Å²) in [6.07, 6.45) is 20.2. The zero-order chi connectivity index (χ0) is 21.9. The van der Waals surface area contributed by atoms with E-state index in [1.807, 2.05) is 0 Å². The molecule has 2 heterocycles. The van der Waals surface area contributed by atoms with Crippen LogP contribution in [0.4, 0.5) is 0 Å². The number of likely N-dealkylation sites (tertiary alicyclic amines) is 1. The molecule has 1 fully saturated rings. The number of unbranched alkanes of at least 4 members (excludes halogenated alkanes) is 1. The van der Waals surface area contributed by atoms with Crippen LogP contribution in [0.2, 0.25) is 0 Å². The van der Waals surface area contributed by atoms with Crippen LogP contribution in [-0.4, -0.2) is 47.9 Å². The third kappa shape index (κ3) is 7.88. The minimum Gasteiger partial charge on any atom is -0.466 e. The molecule has 0 N–H and O–H groups in total. The van der Waals surface area contributed by atoms with E-state index >= 15 is 0 Å². The van der Waals surface area contributed by atoms with Gasteiger partial charge >= 0.3 is 0 Å². The molecular weight excluding hydrogens is 388 g/mol. The number of hydrogen-bond acceptors (Lipinski definition) is 4. The number of allylic oxidation sites excluding steroid dienone is 4. The Labute approximate surface area is 188 Å². The largest absolute Gasteiger partial charge is 0.466 e. The minimum absolute atomic E-state index is 0.343. The van der Waals surface area contributed by atoms with Crippen LogP contribution < -0.4 is 0 Å². The summed E-state index contributed by atoms with van der Waals surface area (Å²) < 4.78 is 11.8. The van der Waals surface area contributed by atoms with E-state index < -0.39 is 0 Å². The van der Waals surface area contributed by atoms with Gasteiger partial charge in [0.1, 0.15) is 24.0 Å². The summed E-state index contributed by atoms with van der Waals surface area (Å²) in [6, 6.07) is 0.391. The van der Waals surface area contributed by atoms with Gasteiger partial charge in [0.2, 0.25) is 5.91 Å². The van der Waals surface area contributed by atoms with Crippen molar-refractivity contribution in [1.29, 1.82) is 0 Å².